The van der Waals surface area contributed by atoms with Crippen LogP contribution in [-0.4, -0.2) is 63.8 Å². The highest BCUT2D eigenvalue weighted by atomic mass is 16.5. The van der Waals surface area contributed by atoms with E-state index in [0.717, 1.165) is 10.9 Å². The molecule has 0 aliphatic rings. The minimum absolute atomic E-state index is 0.247. The van der Waals surface area contributed by atoms with Crippen molar-refractivity contribution in [2.45, 2.75) is 26.2 Å². The number of rotatable bonds is 8. The highest BCUT2D eigenvalue weighted by Gasteiger charge is 2.30. The monoisotopic (exact) mass is 520 g/mol. The van der Waals surface area contributed by atoms with E-state index in [1.165, 1.54) is 11.7 Å². The Hall–Kier alpha value is -4.38. The van der Waals surface area contributed by atoms with E-state index < -0.39 is 6.09 Å². The van der Waals surface area contributed by atoms with Gasteiger partial charge in [-0.2, -0.15) is 5.10 Å². The standard InChI is InChI=1S/C27H32N6O5/c1-27(2,3)23-18-14-29-22(12-20(18)33(26(35)36)24(23)17-13-30-32(4)15-17)31-19-8-7-16(11-21(19)38-6)25(34)28-9-10-37-5/h7-8,11-15H,9-10H2,1-6H3,(H,28,34)(H,29,31)(H,35,36). The van der Waals surface area contributed by atoms with Crippen molar-refractivity contribution in [3.63, 3.8) is 0 Å². The van der Waals surface area contributed by atoms with Gasteiger partial charge in [0.2, 0.25) is 0 Å². The normalized spacial score (nSPS) is 11.5. The van der Waals surface area contributed by atoms with Crippen molar-refractivity contribution in [3.8, 4) is 17.0 Å². The van der Waals surface area contributed by atoms with Crippen LogP contribution in [0.4, 0.5) is 16.3 Å². The summed E-state index contributed by atoms with van der Waals surface area (Å²) in [6.07, 6.45) is 4.03. The SMILES string of the molecule is COCCNC(=O)c1ccc(Nc2cc3c(cn2)c(C(C)(C)C)c(-c2cnn(C)c2)n3C(=O)O)c(OC)c1. The van der Waals surface area contributed by atoms with Crippen LogP contribution in [-0.2, 0) is 17.2 Å². The maximum absolute atomic E-state index is 12.6. The smallest absolute Gasteiger partial charge is 0.416 e. The molecule has 0 aliphatic carbocycles. The molecule has 0 fully saturated rings. The van der Waals surface area contributed by atoms with Gasteiger partial charge in [0, 0.05) is 55.7 Å². The Labute approximate surface area is 220 Å². The van der Waals surface area contributed by atoms with E-state index in [4.69, 9.17) is 9.47 Å². The van der Waals surface area contributed by atoms with Gasteiger partial charge < -0.3 is 25.2 Å². The maximum atomic E-state index is 12.6. The Morgan fingerprint density at radius 1 is 1.13 bits per heavy atom. The van der Waals surface area contributed by atoms with E-state index in [-0.39, 0.29) is 11.3 Å². The second-order valence-corrected chi connectivity index (χ2v) is 9.87. The minimum Gasteiger partial charge on any atom is -0.495 e. The summed E-state index contributed by atoms with van der Waals surface area (Å²) < 4.78 is 13.4. The van der Waals surface area contributed by atoms with Crippen molar-refractivity contribution in [2.75, 3.05) is 32.7 Å². The predicted octanol–water partition coefficient (Wildman–Crippen LogP) is 4.39. The van der Waals surface area contributed by atoms with Crippen molar-refractivity contribution in [2.24, 2.45) is 7.05 Å². The van der Waals surface area contributed by atoms with Crippen LogP contribution in [0.3, 0.4) is 0 Å². The van der Waals surface area contributed by atoms with Gasteiger partial charge in [0.25, 0.3) is 5.91 Å². The number of aromatic nitrogens is 4. The van der Waals surface area contributed by atoms with Crippen LogP contribution in [0.1, 0.15) is 36.7 Å². The average Bonchev–Trinajstić information content (AvgIpc) is 3.45. The number of carbonyl (C=O) groups excluding carboxylic acids is 1. The number of benzene rings is 1. The number of hydrogen-bond donors (Lipinski definition) is 3. The number of nitrogens with one attached hydrogen (secondary N) is 2. The molecule has 38 heavy (non-hydrogen) atoms. The van der Waals surface area contributed by atoms with E-state index >= 15 is 0 Å². The second kappa shape index (κ2) is 10.5. The Morgan fingerprint density at radius 2 is 1.89 bits per heavy atom. The lowest BCUT2D eigenvalue weighted by Gasteiger charge is -2.20. The topological polar surface area (TPSA) is 133 Å². The molecule has 1 aromatic carbocycles. The molecule has 0 saturated heterocycles. The summed E-state index contributed by atoms with van der Waals surface area (Å²) in [5.74, 6) is 0.612. The zero-order chi connectivity index (χ0) is 27.6. The van der Waals surface area contributed by atoms with Crippen LogP contribution in [0.25, 0.3) is 22.2 Å². The van der Waals surface area contributed by atoms with Gasteiger partial charge in [0.1, 0.15) is 11.6 Å². The number of anilines is 2. The van der Waals surface area contributed by atoms with E-state index in [1.807, 2.05) is 20.8 Å². The summed E-state index contributed by atoms with van der Waals surface area (Å²) in [5.41, 5.74) is 3.26. The Balaban J connectivity index is 1.78. The van der Waals surface area contributed by atoms with Crippen molar-refractivity contribution in [1.82, 2.24) is 24.6 Å². The molecule has 200 valence electrons. The fraction of sp³-hybridized carbons (Fsp3) is 0.333. The third-order valence-electron chi connectivity index (χ3n) is 6.09. The van der Waals surface area contributed by atoms with Crippen LogP contribution in [0.15, 0.2) is 42.9 Å². The molecule has 3 N–H and O–H groups in total. The highest BCUT2D eigenvalue weighted by Crippen LogP contribution is 2.41. The number of methoxy groups -OCH3 is 2. The van der Waals surface area contributed by atoms with Gasteiger partial charge in [-0.3, -0.25) is 9.48 Å². The molecule has 0 saturated carbocycles. The van der Waals surface area contributed by atoms with Crippen molar-refractivity contribution >= 4 is 34.4 Å². The molecule has 0 bridgehead atoms. The fourth-order valence-corrected chi connectivity index (χ4v) is 4.47. The van der Waals surface area contributed by atoms with Crippen LogP contribution in [0.5, 0.6) is 5.75 Å². The number of carbonyl (C=O) groups is 2. The molecule has 4 aromatic rings. The van der Waals surface area contributed by atoms with Crippen molar-refractivity contribution in [3.05, 3.63) is 54.0 Å². The van der Waals surface area contributed by atoms with Crippen LogP contribution < -0.4 is 15.4 Å². The molecule has 1 amide bonds. The molecule has 11 heteroatoms. The van der Waals surface area contributed by atoms with Gasteiger partial charge in [0.15, 0.2) is 0 Å². The molecule has 0 radical (unpaired) electrons. The first-order valence-corrected chi connectivity index (χ1v) is 12.0. The molecule has 0 aliphatic heterocycles. The molecular weight excluding hydrogens is 488 g/mol. The fourth-order valence-electron chi connectivity index (χ4n) is 4.47. The number of pyridine rings is 1. The maximum Gasteiger partial charge on any atom is 0.416 e. The first-order chi connectivity index (χ1) is 18.0. The Bertz CT molecular complexity index is 1500. The molecule has 11 nitrogen and oxygen atoms in total. The lowest BCUT2D eigenvalue weighted by atomic mass is 9.84. The number of nitrogens with zero attached hydrogens (tertiary/aromatic N) is 4. The molecule has 0 atom stereocenters. The molecule has 0 spiro atoms. The third kappa shape index (κ3) is 5.18. The zero-order valence-corrected chi connectivity index (χ0v) is 22.3. The summed E-state index contributed by atoms with van der Waals surface area (Å²) in [6.45, 7) is 6.92. The molecule has 0 unspecified atom stereocenters. The predicted molar refractivity (Wildman–Crippen MR) is 145 cm³/mol. The number of amides is 1. The van der Waals surface area contributed by atoms with Gasteiger partial charge in [-0.1, -0.05) is 20.8 Å². The Morgan fingerprint density at radius 3 is 2.50 bits per heavy atom. The van der Waals surface area contributed by atoms with Crippen molar-refractivity contribution < 1.29 is 24.2 Å². The summed E-state index contributed by atoms with van der Waals surface area (Å²) in [5, 5.41) is 21.2. The van der Waals surface area contributed by atoms with Crippen molar-refractivity contribution in [1.29, 1.82) is 0 Å². The average molecular weight is 521 g/mol. The van der Waals surface area contributed by atoms with E-state index in [2.05, 4.69) is 20.7 Å². The molecule has 3 heterocycles. The van der Waals surface area contributed by atoms with E-state index in [9.17, 15) is 14.7 Å². The third-order valence-corrected chi connectivity index (χ3v) is 6.09. The molecule has 4 rings (SSSR count). The number of aryl methyl sites for hydroxylation is 1. The highest BCUT2D eigenvalue weighted by molar-refractivity contribution is 6.00. The number of fused-ring (bicyclic) bond motifs is 1. The van der Waals surface area contributed by atoms with Crippen LogP contribution in [0.2, 0.25) is 0 Å². The number of carboxylic acid groups (broad SMARTS) is 1. The zero-order valence-electron chi connectivity index (χ0n) is 22.3. The van der Waals surface area contributed by atoms with E-state index in [0.29, 0.717) is 52.7 Å². The minimum atomic E-state index is -1.11. The largest absolute Gasteiger partial charge is 0.495 e. The second-order valence-electron chi connectivity index (χ2n) is 9.87. The van der Waals surface area contributed by atoms with Gasteiger partial charge in [-0.15, -0.1) is 0 Å². The van der Waals surface area contributed by atoms with Gasteiger partial charge in [-0.25, -0.2) is 14.3 Å². The molecule has 3 aromatic heterocycles. The van der Waals surface area contributed by atoms with Crippen LogP contribution >= 0.6 is 0 Å². The first-order valence-electron chi connectivity index (χ1n) is 12.0. The van der Waals surface area contributed by atoms with Crippen LogP contribution in [0, 0.1) is 0 Å². The van der Waals surface area contributed by atoms with Gasteiger partial charge in [-0.05, 0) is 29.2 Å². The quantitative estimate of drug-likeness (QED) is 0.292. The molecular formula is C27H32N6O5. The summed E-state index contributed by atoms with van der Waals surface area (Å²) in [6, 6.07) is 6.71. The van der Waals surface area contributed by atoms with Gasteiger partial charge >= 0.3 is 6.09 Å². The first kappa shape index (κ1) is 26.7. The summed E-state index contributed by atoms with van der Waals surface area (Å²) in [7, 11) is 4.87. The number of hydrogen-bond acceptors (Lipinski definition) is 7. The van der Waals surface area contributed by atoms with E-state index in [1.54, 1.807) is 61.7 Å². The Kier molecular flexibility index (Phi) is 7.40. The van der Waals surface area contributed by atoms with Gasteiger partial charge in [0.05, 0.1) is 36.8 Å². The summed E-state index contributed by atoms with van der Waals surface area (Å²) in [4.78, 5) is 29.6. The lowest BCUT2D eigenvalue weighted by molar-refractivity contribution is 0.0936. The number of ether oxygens (including phenoxy) is 2. The lowest BCUT2D eigenvalue weighted by Crippen LogP contribution is -2.26. The summed E-state index contributed by atoms with van der Waals surface area (Å²) >= 11 is 0.